The van der Waals surface area contributed by atoms with Crippen LogP contribution in [0.15, 0.2) is 123 Å². The van der Waals surface area contributed by atoms with E-state index in [1.165, 1.54) is 0 Å². The van der Waals surface area contributed by atoms with Crippen molar-refractivity contribution in [1.29, 1.82) is 0 Å². The summed E-state index contributed by atoms with van der Waals surface area (Å²) >= 11 is 0. The average Bonchev–Trinajstić information content (AvgIpc) is 2.52. The molecule has 0 unspecified atom stereocenters. The lowest BCUT2D eigenvalue weighted by Gasteiger charge is -2.28. The third-order valence-electron chi connectivity index (χ3n) is 2.59. The van der Waals surface area contributed by atoms with Crippen LogP contribution < -0.4 is 0 Å². The molecular formula is C21H25N. The maximum Gasteiger partial charge on any atom is 0.0461 e. The molecule has 114 valence electrons. The molecule has 0 heterocycles. The summed E-state index contributed by atoms with van der Waals surface area (Å²) in [7, 11) is 0. The van der Waals surface area contributed by atoms with Crippen LogP contribution in [0.5, 0.6) is 0 Å². The lowest BCUT2D eigenvalue weighted by Crippen LogP contribution is -2.19. The lowest BCUT2D eigenvalue weighted by molar-refractivity contribution is 0.578. The first kappa shape index (κ1) is 19.2. The Bertz CT molecular complexity index is 563. The van der Waals surface area contributed by atoms with Crippen LogP contribution in [0.4, 0.5) is 0 Å². The molecule has 0 atom stereocenters. The van der Waals surface area contributed by atoms with Crippen LogP contribution in [0.25, 0.3) is 0 Å². The summed E-state index contributed by atoms with van der Waals surface area (Å²) in [5, 5.41) is 0. The molecule has 0 rings (SSSR count). The quantitative estimate of drug-likeness (QED) is 0.446. The average molecular weight is 291 g/mol. The first-order chi connectivity index (χ1) is 10.7. The molecule has 0 aromatic carbocycles. The van der Waals surface area contributed by atoms with Crippen molar-refractivity contribution in [2.24, 2.45) is 0 Å². The lowest BCUT2D eigenvalue weighted by atomic mass is 10.2. The monoisotopic (exact) mass is 291 g/mol. The van der Waals surface area contributed by atoms with Gasteiger partial charge in [-0.15, -0.1) is 0 Å². The smallest absolute Gasteiger partial charge is 0.0461 e. The van der Waals surface area contributed by atoms with Gasteiger partial charge in [-0.3, -0.25) is 0 Å². The predicted octanol–water partition coefficient (Wildman–Crippen LogP) is 6.00. The Labute approximate surface area is 135 Å². The molecule has 0 bridgehead atoms. The Kier molecular flexibility index (Phi) is 10.5. The van der Waals surface area contributed by atoms with E-state index in [2.05, 4.69) is 32.9 Å². The molecule has 0 saturated carbocycles. The van der Waals surface area contributed by atoms with E-state index in [-0.39, 0.29) is 0 Å². The molecule has 1 heteroatoms. The van der Waals surface area contributed by atoms with E-state index in [4.69, 9.17) is 0 Å². The highest BCUT2D eigenvalue weighted by Crippen LogP contribution is 2.24. The highest BCUT2D eigenvalue weighted by Gasteiger charge is 2.13. The van der Waals surface area contributed by atoms with E-state index >= 15 is 0 Å². The SMILES string of the molecule is C=C/C=C\C(=C/C=C)N(/C(C=C)=C/C=C)C(/C=C\C)=C/C=C. The molecule has 22 heavy (non-hydrogen) atoms. The number of nitrogens with zero attached hydrogens (tertiary/aromatic N) is 1. The van der Waals surface area contributed by atoms with Gasteiger partial charge in [0.15, 0.2) is 0 Å². The van der Waals surface area contributed by atoms with Crippen molar-refractivity contribution in [3.8, 4) is 0 Å². The van der Waals surface area contributed by atoms with Gasteiger partial charge in [-0.1, -0.05) is 69.4 Å². The molecular weight excluding hydrogens is 266 g/mol. The van der Waals surface area contributed by atoms with Crippen molar-refractivity contribution in [2.45, 2.75) is 6.92 Å². The molecule has 1 nitrogen and oxygen atoms in total. The summed E-state index contributed by atoms with van der Waals surface area (Å²) in [4.78, 5) is 2.04. The second-order valence-electron chi connectivity index (χ2n) is 4.12. The second-order valence-corrected chi connectivity index (χ2v) is 4.12. The zero-order valence-corrected chi connectivity index (χ0v) is 13.4. The molecule has 0 aliphatic carbocycles. The summed E-state index contributed by atoms with van der Waals surface area (Å²) < 4.78 is 0. The molecule has 0 aromatic rings. The standard InChI is InChI=1S/C21H25N/c1-7-13-18-21(17-11-5)22(19(12-6)14-8-2)20(15-9-3)16-10-4/h7-18H,1-3,5-6H2,4H3/b16-10-,18-13-,19-14+,20-15+,21-17+. The molecule has 0 aliphatic heterocycles. The Balaban J connectivity index is 6.33. The van der Waals surface area contributed by atoms with Crippen LogP contribution in [0.2, 0.25) is 0 Å². The van der Waals surface area contributed by atoms with E-state index in [1.54, 1.807) is 30.4 Å². The van der Waals surface area contributed by atoms with Gasteiger partial charge in [-0.05, 0) is 43.4 Å². The van der Waals surface area contributed by atoms with Gasteiger partial charge >= 0.3 is 0 Å². The summed E-state index contributed by atoms with van der Waals surface area (Å²) in [6.45, 7) is 20.9. The van der Waals surface area contributed by atoms with E-state index in [9.17, 15) is 0 Å². The van der Waals surface area contributed by atoms with Crippen molar-refractivity contribution in [2.75, 3.05) is 0 Å². The first-order valence-electron chi connectivity index (χ1n) is 7.02. The van der Waals surface area contributed by atoms with Crippen LogP contribution in [0, 0.1) is 0 Å². The van der Waals surface area contributed by atoms with Crippen LogP contribution in [-0.2, 0) is 0 Å². The molecule has 0 amide bonds. The van der Waals surface area contributed by atoms with Gasteiger partial charge in [0.2, 0.25) is 0 Å². The third kappa shape index (κ3) is 6.10. The fourth-order valence-electron chi connectivity index (χ4n) is 1.79. The number of allylic oxidation sites excluding steroid dienone is 12. The Morgan fingerprint density at radius 2 is 1.18 bits per heavy atom. The summed E-state index contributed by atoms with van der Waals surface area (Å²) in [5.41, 5.74) is 2.77. The minimum atomic E-state index is 0.892. The Morgan fingerprint density at radius 1 is 0.682 bits per heavy atom. The highest BCUT2D eigenvalue weighted by atomic mass is 15.2. The maximum atomic E-state index is 3.89. The zero-order chi connectivity index (χ0) is 16.8. The van der Waals surface area contributed by atoms with E-state index in [1.807, 2.05) is 54.4 Å². The summed E-state index contributed by atoms with van der Waals surface area (Å²) in [6.07, 6.45) is 22.3. The van der Waals surface area contributed by atoms with Crippen LogP contribution >= 0.6 is 0 Å². The highest BCUT2D eigenvalue weighted by molar-refractivity contribution is 5.41. The molecule has 0 aromatic heterocycles. The van der Waals surface area contributed by atoms with Crippen molar-refractivity contribution < 1.29 is 0 Å². The van der Waals surface area contributed by atoms with Gasteiger partial charge in [0, 0.05) is 17.1 Å². The predicted molar refractivity (Wildman–Crippen MR) is 101 cm³/mol. The van der Waals surface area contributed by atoms with Gasteiger partial charge in [-0.25, -0.2) is 0 Å². The second kappa shape index (κ2) is 12.0. The van der Waals surface area contributed by atoms with E-state index < -0.39 is 0 Å². The minimum absolute atomic E-state index is 0.892. The third-order valence-corrected chi connectivity index (χ3v) is 2.59. The summed E-state index contributed by atoms with van der Waals surface area (Å²) in [5.74, 6) is 0. The van der Waals surface area contributed by atoms with Crippen molar-refractivity contribution >= 4 is 0 Å². The van der Waals surface area contributed by atoms with Gasteiger partial charge in [0.1, 0.15) is 0 Å². The van der Waals surface area contributed by atoms with Crippen molar-refractivity contribution in [1.82, 2.24) is 4.90 Å². The van der Waals surface area contributed by atoms with Gasteiger partial charge < -0.3 is 4.90 Å². The summed E-state index contributed by atoms with van der Waals surface area (Å²) in [6, 6.07) is 0. The fraction of sp³-hybridized carbons (Fsp3) is 0.0476. The topological polar surface area (TPSA) is 3.24 Å². The fourth-order valence-corrected chi connectivity index (χ4v) is 1.79. The molecule has 0 radical (unpaired) electrons. The largest absolute Gasteiger partial charge is 0.311 e. The van der Waals surface area contributed by atoms with Gasteiger partial charge in [0.05, 0.1) is 0 Å². The molecule has 0 saturated heterocycles. The molecule has 0 aliphatic rings. The maximum absolute atomic E-state index is 3.89. The van der Waals surface area contributed by atoms with E-state index in [0.717, 1.165) is 17.1 Å². The number of rotatable bonds is 10. The normalized spacial score (nSPS) is 13.2. The Hall–Kier alpha value is -2.80. The Morgan fingerprint density at radius 3 is 1.59 bits per heavy atom. The molecule has 0 spiro atoms. The van der Waals surface area contributed by atoms with Crippen LogP contribution in [0.1, 0.15) is 6.92 Å². The zero-order valence-electron chi connectivity index (χ0n) is 13.4. The van der Waals surface area contributed by atoms with E-state index in [0.29, 0.717) is 0 Å². The van der Waals surface area contributed by atoms with Gasteiger partial charge in [-0.2, -0.15) is 0 Å². The van der Waals surface area contributed by atoms with Crippen molar-refractivity contribution in [3.05, 3.63) is 123 Å². The van der Waals surface area contributed by atoms with Crippen LogP contribution in [-0.4, -0.2) is 4.90 Å². The minimum Gasteiger partial charge on any atom is -0.311 e. The number of hydrogen-bond acceptors (Lipinski definition) is 1. The van der Waals surface area contributed by atoms with Gasteiger partial charge in [0.25, 0.3) is 0 Å². The first-order valence-corrected chi connectivity index (χ1v) is 7.02. The van der Waals surface area contributed by atoms with Crippen LogP contribution in [0.3, 0.4) is 0 Å². The molecule has 0 fully saturated rings. The number of hydrogen-bond donors (Lipinski definition) is 0. The molecule has 0 N–H and O–H groups in total. The van der Waals surface area contributed by atoms with Crippen molar-refractivity contribution in [3.63, 3.8) is 0 Å².